The molecule has 4 bridgehead atoms. The number of fused-ring (bicyclic) bond motifs is 8. The molecule has 3 aromatic heterocycles. The number of carbonyl (C=O) groups is 1. The Morgan fingerprint density at radius 3 is 2.67 bits per heavy atom. The number of nitrogens with one attached hydrogen (secondary N) is 1. The van der Waals surface area contributed by atoms with Crippen LogP contribution in [0.1, 0.15) is 75.9 Å². The number of aromatic amines is 1. The number of nitrogens with zero attached hydrogens (tertiary/aromatic N) is 4. The summed E-state index contributed by atoms with van der Waals surface area (Å²) in [5, 5.41) is 5.38. The van der Waals surface area contributed by atoms with Gasteiger partial charge in [0, 0.05) is 47.2 Å². The fraction of sp³-hybridized carbons (Fsp3) is 0.421. The molecule has 52 heavy (non-hydrogen) atoms. The van der Waals surface area contributed by atoms with Crippen molar-refractivity contribution in [2.24, 2.45) is 12.5 Å². The lowest BCUT2D eigenvalue weighted by Gasteiger charge is -2.31. The first-order valence-electron chi connectivity index (χ1n) is 17.3. The minimum Gasteiger partial charge on any atom is -0.466 e. The van der Waals surface area contributed by atoms with E-state index in [0.29, 0.717) is 64.2 Å². The topological polar surface area (TPSA) is 137 Å². The number of aryl methyl sites for hydroxylation is 3. The number of benzene rings is 2. The molecule has 0 amide bonds. The van der Waals surface area contributed by atoms with Crippen molar-refractivity contribution in [1.82, 2.24) is 24.7 Å². The lowest BCUT2D eigenvalue weighted by Crippen LogP contribution is -2.30. The summed E-state index contributed by atoms with van der Waals surface area (Å²) in [7, 11) is -4.03. The van der Waals surface area contributed by atoms with Crippen LogP contribution in [-0.2, 0) is 55.5 Å². The molecule has 1 aliphatic rings. The predicted molar refractivity (Wildman–Crippen MR) is 195 cm³/mol. The van der Waals surface area contributed by atoms with E-state index in [9.17, 15) is 17.4 Å². The Hall–Kier alpha value is -4.30. The summed E-state index contributed by atoms with van der Waals surface area (Å²) in [5.74, 6) is -1.32. The van der Waals surface area contributed by atoms with Gasteiger partial charge in [-0.05, 0) is 80.3 Å². The Labute approximate surface area is 304 Å². The van der Waals surface area contributed by atoms with E-state index in [1.165, 1.54) is 23.0 Å². The van der Waals surface area contributed by atoms with Crippen molar-refractivity contribution in [2.75, 3.05) is 18.1 Å². The van der Waals surface area contributed by atoms with Crippen LogP contribution in [0.15, 0.2) is 64.6 Å². The molecule has 0 aliphatic carbocycles. The fourth-order valence-corrected chi connectivity index (χ4v) is 10.5. The van der Waals surface area contributed by atoms with E-state index in [2.05, 4.69) is 9.97 Å². The van der Waals surface area contributed by atoms with Gasteiger partial charge in [0.05, 0.1) is 39.2 Å². The normalized spacial score (nSPS) is 20.5. The van der Waals surface area contributed by atoms with E-state index in [1.807, 2.05) is 20.8 Å². The number of hydrogen-bond acceptors (Lipinski definition) is 8. The lowest BCUT2D eigenvalue weighted by atomic mass is 9.75. The van der Waals surface area contributed by atoms with E-state index in [4.69, 9.17) is 14.8 Å². The zero-order chi connectivity index (χ0) is 37.4. The van der Waals surface area contributed by atoms with Gasteiger partial charge in [0.1, 0.15) is 17.3 Å². The highest BCUT2D eigenvalue weighted by atomic mass is 32.2. The van der Waals surface area contributed by atoms with Crippen LogP contribution in [0.2, 0.25) is 0 Å². The number of carbonyl (C=O) groups excluding carboxylic acids is 1. The molecular weight excluding hydrogens is 709 g/mol. The maximum absolute atomic E-state index is 16.5. The molecule has 276 valence electrons. The van der Waals surface area contributed by atoms with Gasteiger partial charge in [-0.15, -0.1) is 0 Å². The van der Waals surface area contributed by atoms with Crippen molar-refractivity contribution < 1.29 is 30.9 Å². The summed E-state index contributed by atoms with van der Waals surface area (Å²) in [5.41, 5.74) is 0.147. The Morgan fingerprint density at radius 2 is 1.90 bits per heavy atom. The Bertz CT molecular complexity index is 2280. The summed E-state index contributed by atoms with van der Waals surface area (Å²) in [6, 6.07) is 11.2. The van der Waals surface area contributed by atoms with Crippen molar-refractivity contribution in [1.29, 1.82) is 0 Å². The Morgan fingerprint density at radius 1 is 1.12 bits per heavy atom. The van der Waals surface area contributed by atoms with Crippen molar-refractivity contribution in [3.63, 3.8) is 0 Å². The monoisotopic (exact) mass is 751 g/mol. The predicted octanol–water partition coefficient (Wildman–Crippen LogP) is 6.77. The molecule has 4 heterocycles. The number of esters is 1. The minimum absolute atomic E-state index is 0.0212. The largest absolute Gasteiger partial charge is 0.466 e. The van der Waals surface area contributed by atoms with Crippen LogP contribution in [0, 0.1) is 17.0 Å². The number of rotatable bonds is 5. The molecule has 1 unspecified atom stereocenters. The smallest absolute Gasteiger partial charge is 0.306 e. The minimum atomic E-state index is -3.67. The molecule has 2 atom stereocenters. The van der Waals surface area contributed by atoms with Crippen LogP contribution in [-0.4, -0.2) is 61.4 Å². The van der Waals surface area contributed by atoms with Gasteiger partial charge >= 0.3 is 5.97 Å². The quantitative estimate of drug-likeness (QED) is 0.194. The first-order chi connectivity index (χ1) is 24.6. The maximum Gasteiger partial charge on any atom is 0.306 e. The molecule has 0 saturated carbocycles. The van der Waals surface area contributed by atoms with Gasteiger partial charge in [-0.3, -0.25) is 9.78 Å². The van der Waals surface area contributed by atoms with Crippen LogP contribution < -0.4 is 0 Å². The van der Waals surface area contributed by atoms with Crippen molar-refractivity contribution in [3.05, 3.63) is 89.0 Å². The summed E-state index contributed by atoms with van der Waals surface area (Å²) >= 11 is 0. The highest BCUT2D eigenvalue weighted by molar-refractivity contribution is 7.91. The molecule has 1 N–H and O–H groups in total. The van der Waals surface area contributed by atoms with Crippen LogP contribution in [0.4, 0.5) is 8.78 Å². The lowest BCUT2D eigenvalue weighted by molar-refractivity contribution is -0.143. The number of H-pyrrole nitrogens is 1. The van der Waals surface area contributed by atoms with Crippen LogP contribution in [0.25, 0.3) is 22.4 Å². The number of ether oxygens (including phenoxy) is 1. The number of sulfone groups is 1. The third-order valence-corrected chi connectivity index (χ3v) is 13.4. The highest BCUT2D eigenvalue weighted by Crippen LogP contribution is 2.40. The molecule has 0 fully saturated rings. The van der Waals surface area contributed by atoms with E-state index < -0.39 is 49.1 Å². The van der Waals surface area contributed by atoms with Gasteiger partial charge in [0.2, 0.25) is 0 Å². The van der Waals surface area contributed by atoms with E-state index in [0.717, 1.165) is 0 Å². The Balaban J connectivity index is 1.49. The number of aromatic nitrogens is 5. The van der Waals surface area contributed by atoms with E-state index in [-0.39, 0.29) is 47.2 Å². The summed E-state index contributed by atoms with van der Waals surface area (Å²) < 4.78 is 80.6. The number of pyridine rings is 1. The van der Waals surface area contributed by atoms with Gasteiger partial charge < -0.3 is 9.72 Å². The van der Waals surface area contributed by atoms with Gasteiger partial charge in [-0.1, -0.05) is 38.5 Å². The molecule has 5 aromatic rings. The number of halogens is 2. The van der Waals surface area contributed by atoms with Crippen LogP contribution in [0.5, 0.6) is 0 Å². The van der Waals surface area contributed by atoms with Gasteiger partial charge in [0.25, 0.3) is 0 Å². The third-order valence-electron chi connectivity index (χ3n) is 9.86. The molecule has 6 rings (SSSR count). The SMILES string of the molecule is CCOC(=O)CCc1cccc([C@@]2(C)CCCC(C)(C)CS(=O)(=O)CCc3c(c(F)cc4[nH]ccc34)S(=O)c3ccnc(c3)-c3nc2nn3C)c1F. The molecule has 10 nitrogen and oxygen atoms in total. The molecule has 0 saturated heterocycles. The standard InChI is InChI=1S/C38H43F2N5O5S2/c1-6-50-32(46)12-11-24-9-7-10-28(33(24)40)38(4)17-8-16-37(2,3)23-52(48,49)20-15-27-26-14-19-41-30(26)22-29(39)34(27)51(47)25-13-18-42-31(21-25)35-43-36(38)44-45(35)5/h7,9-10,13-14,18-19,21-22,41H,6,8,11-12,15-17,20,23H2,1-5H3/t38-,51?/m1/s1. The second-order valence-electron chi connectivity index (χ2n) is 14.4. The second kappa shape index (κ2) is 14.6. The Kier molecular flexibility index (Phi) is 10.5. The molecule has 14 heteroatoms. The second-order valence-corrected chi connectivity index (χ2v) is 18.0. The summed E-state index contributed by atoms with van der Waals surface area (Å²) in [6.07, 6.45) is 4.64. The summed E-state index contributed by atoms with van der Waals surface area (Å²) in [6.45, 7) is 7.59. The molecule has 2 aromatic carbocycles. The third kappa shape index (κ3) is 7.59. The van der Waals surface area contributed by atoms with Gasteiger partial charge in [-0.25, -0.2) is 31.1 Å². The number of hydrogen-bond donors (Lipinski definition) is 1. The zero-order valence-electron chi connectivity index (χ0n) is 30.0. The summed E-state index contributed by atoms with van der Waals surface area (Å²) in [4.78, 5) is 24.7. The fourth-order valence-electron chi connectivity index (χ4n) is 7.23. The average Bonchev–Trinajstić information content (AvgIpc) is 3.72. The van der Waals surface area contributed by atoms with Crippen LogP contribution >= 0.6 is 0 Å². The molecule has 0 spiro atoms. The van der Waals surface area contributed by atoms with Gasteiger partial charge in [-0.2, -0.15) is 5.10 Å². The first kappa shape index (κ1) is 37.5. The molecule has 0 radical (unpaired) electrons. The zero-order valence-corrected chi connectivity index (χ0v) is 31.6. The molecule has 1 aliphatic heterocycles. The average molecular weight is 752 g/mol. The van der Waals surface area contributed by atoms with Gasteiger partial charge in [0.15, 0.2) is 21.5 Å². The van der Waals surface area contributed by atoms with Crippen LogP contribution in [0.3, 0.4) is 0 Å². The highest BCUT2D eigenvalue weighted by Gasteiger charge is 2.38. The molecular formula is C38H43F2N5O5S2. The van der Waals surface area contributed by atoms with Crippen molar-refractivity contribution in [2.45, 2.75) is 81.4 Å². The van der Waals surface area contributed by atoms with E-state index >= 15 is 8.78 Å². The van der Waals surface area contributed by atoms with Crippen molar-refractivity contribution in [3.8, 4) is 11.5 Å². The first-order valence-corrected chi connectivity index (χ1v) is 20.3. The van der Waals surface area contributed by atoms with Crippen molar-refractivity contribution >= 4 is 37.5 Å². The van der Waals surface area contributed by atoms with E-state index in [1.54, 1.807) is 50.5 Å². The maximum atomic E-state index is 16.5.